The lowest BCUT2D eigenvalue weighted by Gasteiger charge is -2.23. The standard InChI is InChI=1S/C12H11Cl2NO3/c1-2-18-11(16)12(17,7-15)10(14)8-3-5-9(13)6-4-8/h3-6,10,17H,2H2,1H3. The van der Waals surface area contributed by atoms with Gasteiger partial charge >= 0.3 is 5.97 Å². The van der Waals surface area contributed by atoms with Gasteiger partial charge in [0.1, 0.15) is 11.4 Å². The van der Waals surface area contributed by atoms with E-state index in [-0.39, 0.29) is 6.61 Å². The number of benzene rings is 1. The molecule has 1 aromatic rings. The van der Waals surface area contributed by atoms with Crippen molar-refractivity contribution in [3.63, 3.8) is 0 Å². The van der Waals surface area contributed by atoms with E-state index in [4.69, 9.17) is 28.5 Å². The molecule has 0 spiro atoms. The van der Waals surface area contributed by atoms with Crippen LogP contribution in [0.2, 0.25) is 5.02 Å². The molecule has 0 aliphatic carbocycles. The highest BCUT2D eigenvalue weighted by molar-refractivity contribution is 6.30. The van der Waals surface area contributed by atoms with Crippen LogP contribution in [0.5, 0.6) is 0 Å². The van der Waals surface area contributed by atoms with Crippen molar-refractivity contribution in [2.45, 2.75) is 17.9 Å². The third-order valence-corrected chi connectivity index (χ3v) is 3.11. The van der Waals surface area contributed by atoms with Gasteiger partial charge in [-0.3, -0.25) is 0 Å². The summed E-state index contributed by atoms with van der Waals surface area (Å²) in [5.41, 5.74) is -2.02. The third kappa shape index (κ3) is 2.94. The molecule has 0 heterocycles. The molecule has 2 unspecified atom stereocenters. The average molecular weight is 288 g/mol. The summed E-state index contributed by atoms with van der Waals surface area (Å²) in [6.07, 6.45) is 0. The van der Waals surface area contributed by atoms with Crippen LogP contribution < -0.4 is 0 Å². The van der Waals surface area contributed by atoms with Gasteiger partial charge in [-0.05, 0) is 24.6 Å². The SMILES string of the molecule is CCOC(=O)C(O)(C#N)C(Cl)c1ccc(Cl)cc1. The van der Waals surface area contributed by atoms with Crippen LogP contribution in [-0.4, -0.2) is 23.3 Å². The first-order chi connectivity index (χ1) is 8.45. The zero-order chi connectivity index (χ0) is 13.8. The molecule has 0 aliphatic heterocycles. The Morgan fingerprint density at radius 1 is 1.56 bits per heavy atom. The van der Waals surface area contributed by atoms with Gasteiger partial charge in [0, 0.05) is 5.02 Å². The summed E-state index contributed by atoms with van der Waals surface area (Å²) in [5, 5.41) is 18.2. The monoisotopic (exact) mass is 287 g/mol. The molecule has 6 heteroatoms. The number of ether oxygens (including phenoxy) is 1. The zero-order valence-corrected chi connectivity index (χ0v) is 11.1. The predicted molar refractivity (Wildman–Crippen MR) is 67.2 cm³/mol. The Kier molecular flexibility index (Phi) is 4.97. The van der Waals surface area contributed by atoms with Crippen LogP contribution in [0.4, 0.5) is 0 Å². The Balaban J connectivity index is 3.05. The van der Waals surface area contributed by atoms with Crippen LogP contribution in [0.15, 0.2) is 24.3 Å². The first-order valence-electron chi connectivity index (χ1n) is 5.16. The van der Waals surface area contributed by atoms with Crippen molar-refractivity contribution in [2.75, 3.05) is 6.61 Å². The van der Waals surface area contributed by atoms with E-state index < -0.39 is 16.9 Å². The van der Waals surface area contributed by atoms with E-state index in [9.17, 15) is 9.90 Å². The molecule has 0 saturated carbocycles. The fraction of sp³-hybridized carbons (Fsp3) is 0.333. The van der Waals surface area contributed by atoms with Crippen LogP contribution >= 0.6 is 23.2 Å². The first kappa shape index (κ1) is 14.8. The van der Waals surface area contributed by atoms with Crippen LogP contribution in [0.1, 0.15) is 17.9 Å². The fourth-order valence-corrected chi connectivity index (χ4v) is 1.73. The van der Waals surface area contributed by atoms with Crippen molar-refractivity contribution < 1.29 is 14.6 Å². The molecule has 18 heavy (non-hydrogen) atoms. The van der Waals surface area contributed by atoms with Crippen LogP contribution in [-0.2, 0) is 9.53 Å². The molecule has 0 radical (unpaired) electrons. The number of carbonyl (C=O) groups excluding carboxylic acids is 1. The summed E-state index contributed by atoms with van der Waals surface area (Å²) in [6.45, 7) is 1.62. The number of alkyl halides is 1. The number of esters is 1. The van der Waals surface area contributed by atoms with E-state index in [1.807, 2.05) is 0 Å². The molecule has 0 amide bonds. The molecular formula is C12H11Cl2NO3. The van der Waals surface area contributed by atoms with Gasteiger partial charge in [-0.2, -0.15) is 5.26 Å². The van der Waals surface area contributed by atoms with Crippen molar-refractivity contribution in [3.8, 4) is 6.07 Å². The number of nitriles is 1. The smallest absolute Gasteiger partial charge is 0.355 e. The number of hydrogen-bond acceptors (Lipinski definition) is 4. The maximum atomic E-state index is 11.6. The lowest BCUT2D eigenvalue weighted by atomic mass is 9.95. The van der Waals surface area contributed by atoms with Crippen molar-refractivity contribution in [2.24, 2.45) is 0 Å². The minimum atomic E-state index is -2.43. The second kappa shape index (κ2) is 6.05. The van der Waals surface area contributed by atoms with Gasteiger partial charge in [-0.15, -0.1) is 11.6 Å². The molecule has 2 atom stereocenters. The number of nitrogens with zero attached hydrogens (tertiary/aromatic N) is 1. The summed E-state index contributed by atoms with van der Waals surface area (Å²) < 4.78 is 4.64. The quantitative estimate of drug-likeness (QED) is 0.525. The minimum Gasteiger partial charge on any atom is -0.463 e. The van der Waals surface area contributed by atoms with E-state index in [1.54, 1.807) is 19.1 Å². The topological polar surface area (TPSA) is 70.3 Å². The summed E-state index contributed by atoms with van der Waals surface area (Å²) in [5.74, 6) is -1.07. The zero-order valence-electron chi connectivity index (χ0n) is 9.56. The van der Waals surface area contributed by atoms with Gasteiger partial charge in [0.25, 0.3) is 5.60 Å². The molecular weight excluding hydrogens is 277 g/mol. The number of carbonyl (C=O) groups is 1. The third-order valence-electron chi connectivity index (χ3n) is 2.29. The molecule has 1 N–H and O–H groups in total. The second-order valence-electron chi connectivity index (χ2n) is 3.51. The maximum absolute atomic E-state index is 11.6. The summed E-state index contributed by atoms with van der Waals surface area (Å²) in [6, 6.07) is 7.65. The van der Waals surface area contributed by atoms with Gasteiger partial charge in [-0.25, -0.2) is 4.79 Å². The predicted octanol–water partition coefficient (Wildman–Crippen LogP) is 2.44. The fourth-order valence-electron chi connectivity index (χ4n) is 1.32. The van der Waals surface area contributed by atoms with Gasteiger partial charge in [0.2, 0.25) is 0 Å². The normalized spacial score (nSPS) is 15.3. The highest BCUT2D eigenvalue weighted by Crippen LogP contribution is 2.33. The molecule has 1 aromatic carbocycles. The molecule has 0 fully saturated rings. The minimum absolute atomic E-state index is 0.0487. The van der Waals surface area contributed by atoms with Gasteiger partial charge in [-0.1, -0.05) is 23.7 Å². The number of aliphatic hydroxyl groups is 1. The van der Waals surface area contributed by atoms with Crippen molar-refractivity contribution >= 4 is 29.2 Å². The van der Waals surface area contributed by atoms with E-state index in [0.717, 1.165) is 0 Å². The van der Waals surface area contributed by atoms with E-state index in [0.29, 0.717) is 10.6 Å². The van der Waals surface area contributed by atoms with Crippen LogP contribution in [0, 0.1) is 11.3 Å². The van der Waals surface area contributed by atoms with E-state index >= 15 is 0 Å². The number of hydrogen-bond donors (Lipinski definition) is 1. The van der Waals surface area contributed by atoms with Crippen molar-refractivity contribution in [1.82, 2.24) is 0 Å². The lowest BCUT2D eigenvalue weighted by Crippen LogP contribution is -2.42. The first-order valence-corrected chi connectivity index (χ1v) is 5.97. The van der Waals surface area contributed by atoms with Gasteiger partial charge in [0.05, 0.1) is 6.61 Å². The molecule has 0 bridgehead atoms. The van der Waals surface area contributed by atoms with Crippen molar-refractivity contribution in [3.05, 3.63) is 34.9 Å². The Morgan fingerprint density at radius 3 is 2.56 bits per heavy atom. The van der Waals surface area contributed by atoms with Crippen LogP contribution in [0.25, 0.3) is 0 Å². The highest BCUT2D eigenvalue weighted by atomic mass is 35.5. The molecule has 96 valence electrons. The second-order valence-corrected chi connectivity index (χ2v) is 4.39. The Hall–Kier alpha value is -1.28. The number of rotatable bonds is 4. The maximum Gasteiger partial charge on any atom is 0.355 e. The molecule has 0 saturated heterocycles. The Bertz CT molecular complexity index is 469. The Morgan fingerprint density at radius 2 is 2.11 bits per heavy atom. The van der Waals surface area contributed by atoms with Crippen LogP contribution in [0.3, 0.4) is 0 Å². The number of halogens is 2. The molecule has 1 rings (SSSR count). The summed E-state index contributed by atoms with van der Waals surface area (Å²) in [7, 11) is 0. The highest BCUT2D eigenvalue weighted by Gasteiger charge is 2.46. The van der Waals surface area contributed by atoms with Gasteiger partial charge in [0.15, 0.2) is 0 Å². The molecule has 0 aromatic heterocycles. The Labute approximate surface area is 115 Å². The van der Waals surface area contributed by atoms with E-state index in [1.165, 1.54) is 18.2 Å². The summed E-state index contributed by atoms with van der Waals surface area (Å²) >= 11 is 11.7. The molecule has 4 nitrogen and oxygen atoms in total. The van der Waals surface area contributed by atoms with Crippen molar-refractivity contribution in [1.29, 1.82) is 5.26 Å². The molecule has 0 aliphatic rings. The summed E-state index contributed by atoms with van der Waals surface area (Å²) in [4.78, 5) is 11.6. The lowest BCUT2D eigenvalue weighted by molar-refractivity contribution is -0.159. The average Bonchev–Trinajstić information content (AvgIpc) is 2.38. The van der Waals surface area contributed by atoms with E-state index in [2.05, 4.69) is 4.74 Å². The largest absolute Gasteiger partial charge is 0.463 e. The van der Waals surface area contributed by atoms with Gasteiger partial charge < -0.3 is 9.84 Å².